The van der Waals surface area contributed by atoms with Gasteiger partial charge in [-0.15, -0.1) is 24.0 Å². The molecular formula is C16H25ClIN3OS. The summed E-state index contributed by atoms with van der Waals surface area (Å²) < 4.78 is 0. The van der Waals surface area contributed by atoms with Crippen LogP contribution in [-0.4, -0.2) is 53.2 Å². The van der Waals surface area contributed by atoms with Gasteiger partial charge in [-0.1, -0.05) is 23.7 Å². The maximum Gasteiger partial charge on any atom is 0.194 e. The molecule has 1 aliphatic rings. The average molecular weight is 470 g/mol. The second-order valence-electron chi connectivity index (χ2n) is 5.68. The Balaban J connectivity index is 0.00000264. The standard InChI is InChI=1S/C16H24ClN3OS.HI/c1-3-18-15(19-11-16(21)7-8-22-12-16)20(2)10-13-5-4-6-14(17)9-13;/h4-6,9,21H,3,7-8,10-12H2,1-2H3,(H,18,19);1H. The van der Waals surface area contributed by atoms with Gasteiger partial charge in [0.2, 0.25) is 0 Å². The van der Waals surface area contributed by atoms with Crippen LogP contribution in [0.1, 0.15) is 18.9 Å². The highest BCUT2D eigenvalue weighted by atomic mass is 127. The fraction of sp³-hybridized carbons (Fsp3) is 0.562. The van der Waals surface area contributed by atoms with Crippen LogP contribution < -0.4 is 5.32 Å². The van der Waals surface area contributed by atoms with Crippen LogP contribution in [0.2, 0.25) is 5.02 Å². The number of aliphatic imine (C=N–C) groups is 1. The first-order valence-electron chi connectivity index (χ1n) is 7.56. The molecule has 0 aliphatic carbocycles. The number of halogens is 2. The molecule has 0 radical (unpaired) electrons. The molecule has 0 spiro atoms. The Morgan fingerprint density at radius 1 is 1.52 bits per heavy atom. The Hall–Kier alpha value is -0.180. The Labute approximate surface area is 165 Å². The molecule has 1 aliphatic heterocycles. The number of guanidine groups is 1. The predicted octanol–water partition coefficient (Wildman–Crippen LogP) is 3.22. The van der Waals surface area contributed by atoms with Crippen molar-refractivity contribution in [2.75, 3.05) is 31.6 Å². The summed E-state index contributed by atoms with van der Waals surface area (Å²) in [6.07, 6.45) is 0.818. The predicted molar refractivity (Wildman–Crippen MR) is 111 cm³/mol. The lowest BCUT2D eigenvalue weighted by Gasteiger charge is -2.24. The fourth-order valence-electron chi connectivity index (χ4n) is 2.40. The normalized spacial score (nSPS) is 21.0. The van der Waals surface area contributed by atoms with Crippen molar-refractivity contribution in [1.29, 1.82) is 0 Å². The molecule has 1 saturated heterocycles. The topological polar surface area (TPSA) is 47.9 Å². The first-order valence-corrected chi connectivity index (χ1v) is 9.10. The van der Waals surface area contributed by atoms with Gasteiger partial charge in [-0.25, -0.2) is 0 Å². The molecular weight excluding hydrogens is 445 g/mol. The summed E-state index contributed by atoms with van der Waals surface area (Å²) in [7, 11) is 2.00. The first kappa shape index (κ1) is 20.9. The van der Waals surface area contributed by atoms with Crippen molar-refractivity contribution >= 4 is 53.3 Å². The van der Waals surface area contributed by atoms with E-state index in [4.69, 9.17) is 11.6 Å². The molecule has 0 saturated carbocycles. The zero-order valence-electron chi connectivity index (χ0n) is 13.6. The molecule has 130 valence electrons. The first-order chi connectivity index (χ1) is 10.5. The summed E-state index contributed by atoms with van der Waals surface area (Å²) in [5.41, 5.74) is 0.484. The van der Waals surface area contributed by atoms with Crippen LogP contribution in [0.3, 0.4) is 0 Å². The van der Waals surface area contributed by atoms with E-state index in [-0.39, 0.29) is 24.0 Å². The van der Waals surface area contributed by atoms with Gasteiger partial charge in [0.05, 0.1) is 12.1 Å². The quantitative estimate of drug-likeness (QED) is 0.395. The van der Waals surface area contributed by atoms with Gasteiger partial charge in [0, 0.05) is 30.9 Å². The molecule has 1 fully saturated rings. The van der Waals surface area contributed by atoms with Gasteiger partial charge >= 0.3 is 0 Å². The highest BCUT2D eigenvalue weighted by molar-refractivity contribution is 14.0. The molecule has 23 heavy (non-hydrogen) atoms. The second-order valence-corrected chi connectivity index (χ2v) is 7.22. The van der Waals surface area contributed by atoms with E-state index in [9.17, 15) is 5.11 Å². The van der Waals surface area contributed by atoms with Crippen LogP contribution in [0, 0.1) is 0 Å². The summed E-state index contributed by atoms with van der Waals surface area (Å²) in [4.78, 5) is 6.68. The van der Waals surface area contributed by atoms with E-state index in [1.165, 1.54) is 0 Å². The number of hydrogen-bond donors (Lipinski definition) is 2. The van der Waals surface area contributed by atoms with Crippen molar-refractivity contribution < 1.29 is 5.11 Å². The van der Waals surface area contributed by atoms with E-state index in [1.807, 2.05) is 38.2 Å². The molecule has 1 aromatic carbocycles. The number of rotatable bonds is 5. The largest absolute Gasteiger partial charge is 0.387 e. The van der Waals surface area contributed by atoms with E-state index in [0.29, 0.717) is 6.54 Å². The average Bonchev–Trinajstić information content (AvgIpc) is 2.90. The van der Waals surface area contributed by atoms with Crippen molar-refractivity contribution in [3.8, 4) is 0 Å². The van der Waals surface area contributed by atoms with Crippen LogP contribution in [0.4, 0.5) is 0 Å². The van der Waals surface area contributed by atoms with Crippen LogP contribution in [0.25, 0.3) is 0 Å². The molecule has 1 aromatic rings. The SMILES string of the molecule is CCNC(=NCC1(O)CCSC1)N(C)Cc1cccc(Cl)c1.I. The van der Waals surface area contributed by atoms with Gasteiger partial charge in [-0.2, -0.15) is 11.8 Å². The van der Waals surface area contributed by atoms with E-state index in [1.54, 1.807) is 11.8 Å². The number of hydrogen-bond acceptors (Lipinski definition) is 3. The van der Waals surface area contributed by atoms with Crippen LogP contribution in [0.15, 0.2) is 29.3 Å². The third-order valence-electron chi connectivity index (χ3n) is 3.61. The number of nitrogens with zero attached hydrogens (tertiary/aromatic N) is 2. The number of aliphatic hydroxyl groups is 1. The molecule has 0 bridgehead atoms. The number of thioether (sulfide) groups is 1. The summed E-state index contributed by atoms with van der Waals surface area (Å²) >= 11 is 7.83. The number of benzene rings is 1. The van der Waals surface area contributed by atoms with Crippen molar-refractivity contribution in [3.63, 3.8) is 0 Å². The third-order valence-corrected chi connectivity index (χ3v) is 5.08. The van der Waals surface area contributed by atoms with E-state index in [0.717, 1.165) is 47.6 Å². The lowest BCUT2D eigenvalue weighted by Crippen LogP contribution is -2.41. The summed E-state index contributed by atoms with van der Waals surface area (Å²) in [6.45, 7) is 4.01. The highest BCUT2D eigenvalue weighted by Gasteiger charge is 2.31. The Morgan fingerprint density at radius 2 is 2.30 bits per heavy atom. The minimum atomic E-state index is -0.651. The summed E-state index contributed by atoms with van der Waals surface area (Å²) in [5, 5.41) is 14.4. The van der Waals surface area contributed by atoms with E-state index in [2.05, 4.69) is 15.2 Å². The van der Waals surface area contributed by atoms with Crippen molar-refractivity contribution in [2.24, 2.45) is 4.99 Å². The Morgan fingerprint density at radius 3 is 2.91 bits per heavy atom. The molecule has 4 nitrogen and oxygen atoms in total. The van der Waals surface area contributed by atoms with Crippen molar-refractivity contribution in [3.05, 3.63) is 34.9 Å². The van der Waals surface area contributed by atoms with Gasteiger partial charge in [-0.05, 0) is 36.8 Å². The van der Waals surface area contributed by atoms with Gasteiger partial charge in [-0.3, -0.25) is 4.99 Å². The molecule has 0 aromatic heterocycles. The summed E-state index contributed by atoms with van der Waals surface area (Å²) in [6, 6.07) is 7.83. The van der Waals surface area contributed by atoms with Crippen LogP contribution >= 0.6 is 47.3 Å². The van der Waals surface area contributed by atoms with E-state index >= 15 is 0 Å². The zero-order valence-corrected chi connectivity index (χ0v) is 17.5. The van der Waals surface area contributed by atoms with E-state index < -0.39 is 5.60 Å². The maximum absolute atomic E-state index is 10.4. The lowest BCUT2D eigenvalue weighted by atomic mass is 10.0. The molecule has 0 amide bonds. The molecule has 1 atom stereocenters. The molecule has 2 rings (SSSR count). The zero-order chi connectivity index (χ0) is 16.0. The lowest BCUT2D eigenvalue weighted by molar-refractivity contribution is 0.0776. The number of nitrogens with one attached hydrogen (secondary N) is 1. The fourth-order valence-corrected chi connectivity index (χ4v) is 3.89. The van der Waals surface area contributed by atoms with Crippen molar-refractivity contribution in [2.45, 2.75) is 25.5 Å². The van der Waals surface area contributed by atoms with Crippen LogP contribution in [0.5, 0.6) is 0 Å². The maximum atomic E-state index is 10.4. The third kappa shape index (κ3) is 6.68. The minimum absolute atomic E-state index is 0. The highest BCUT2D eigenvalue weighted by Crippen LogP contribution is 2.27. The molecule has 7 heteroatoms. The monoisotopic (exact) mass is 469 g/mol. The van der Waals surface area contributed by atoms with Gasteiger partial charge < -0.3 is 15.3 Å². The summed E-state index contributed by atoms with van der Waals surface area (Å²) in [5.74, 6) is 2.60. The Kier molecular flexibility index (Phi) is 9.03. The Bertz CT molecular complexity index is 524. The molecule has 1 unspecified atom stereocenters. The van der Waals surface area contributed by atoms with Gasteiger partial charge in [0.15, 0.2) is 5.96 Å². The van der Waals surface area contributed by atoms with Crippen LogP contribution in [-0.2, 0) is 6.54 Å². The van der Waals surface area contributed by atoms with Gasteiger partial charge in [0.1, 0.15) is 0 Å². The second kappa shape index (κ2) is 9.96. The van der Waals surface area contributed by atoms with Crippen molar-refractivity contribution in [1.82, 2.24) is 10.2 Å². The van der Waals surface area contributed by atoms with Gasteiger partial charge in [0.25, 0.3) is 0 Å². The smallest absolute Gasteiger partial charge is 0.194 e. The molecule has 1 heterocycles. The minimum Gasteiger partial charge on any atom is -0.387 e. The molecule has 2 N–H and O–H groups in total.